The molecule has 0 fully saturated rings. The highest BCUT2D eigenvalue weighted by molar-refractivity contribution is 5.98. The molecule has 0 atom stereocenters. The first-order valence-corrected chi connectivity index (χ1v) is 5.45. The molecule has 0 saturated carbocycles. The normalized spacial score (nSPS) is 10.0. The molecule has 0 saturated heterocycles. The lowest BCUT2D eigenvalue weighted by atomic mass is 10.0. The van der Waals surface area contributed by atoms with E-state index in [1.165, 1.54) is 0 Å². The molecule has 82 valence electrons. The minimum absolute atomic E-state index is 0.181. The molecule has 0 aliphatic rings. The molecule has 0 amide bonds. The van der Waals surface area contributed by atoms with Crippen LogP contribution >= 0.6 is 0 Å². The molecule has 0 heterocycles. The van der Waals surface area contributed by atoms with E-state index in [9.17, 15) is 4.79 Å². The van der Waals surface area contributed by atoms with Crippen molar-refractivity contribution in [1.29, 1.82) is 0 Å². The number of hydrogen-bond acceptors (Lipinski definition) is 2. The molecule has 0 spiro atoms. The Morgan fingerprint density at radius 3 is 2.67 bits per heavy atom. The van der Waals surface area contributed by atoms with Crippen LogP contribution in [0.15, 0.2) is 24.3 Å². The minimum atomic E-state index is 0.181. The first kappa shape index (κ1) is 11.8. The van der Waals surface area contributed by atoms with Crippen LogP contribution in [0.5, 0.6) is 5.75 Å². The van der Waals surface area contributed by atoms with Crippen LogP contribution in [-0.4, -0.2) is 12.9 Å². The van der Waals surface area contributed by atoms with E-state index in [1.54, 1.807) is 7.11 Å². The van der Waals surface area contributed by atoms with Crippen LogP contribution < -0.4 is 4.74 Å². The van der Waals surface area contributed by atoms with Gasteiger partial charge in [-0.25, -0.2) is 0 Å². The molecular formula is C13H18O2. The summed E-state index contributed by atoms with van der Waals surface area (Å²) < 4.78 is 5.15. The molecule has 0 aromatic heterocycles. The number of ether oxygens (including phenoxy) is 1. The SMILES string of the molecule is CCCCCC(=O)c1ccccc1OC. The van der Waals surface area contributed by atoms with Gasteiger partial charge in [0.25, 0.3) is 0 Å². The maximum atomic E-state index is 11.8. The Morgan fingerprint density at radius 1 is 1.27 bits per heavy atom. The van der Waals surface area contributed by atoms with E-state index < -0.39 is 0 Å². The Labute approximate surface area is 91.3 Å². The van der Waals surface area contributed by atoms with Gasteiger partial charge in [-0.15, -0.1) is 0 Å². The van der Waals surface area contributed by atoms with Gasteiger partial charge in [-0.05, 0) is 18.6 Å². The van der Waals surface area contributed by atoms with Gasteiger partial charge in [0.05, 0.1) is 12.7 Å². The zero-order valence-corrected chi connectivity index (χ0v) is 9.45. The summed E-state index contributed by atoms with van der Waals surface area (Å²) in [5.74, 6) is 0.861. The van der Waals surface area contributed by atoms with E-state index in [1.807, 2.05) is 24.3 Å². The van der Waals surface area contributed by atoms with E-state index >= 15 is 0 Å². The fourth-order valence-electron chi connectivity index (χ4n) is 1.55. The summed E-state index contributed by atoms with van der Waals surface area (Å²) in [7, 11) is 1.60. The third-order valence-corrected chi connectivity index (χ3v) is 2.41. The largest absolute Gasteiger partial charge is 0.496 e. The van der Waals surface area contributed by atoms with Crippen molar-refractivity contribution in [2.24, 2.45) is 0 Å². The second-order valence-corrected chi connectivity index (χ2v) is 3.58. The average molecular weight is 206 g/mol. The Balaban J connectivity index is 2.64. The quantitative estimate of drug-likeness (QED) is 0.526. The molecule has 1 rings (SSSR count). The van der Waals surface area contributed by atoms with Crippen molar-refractivity contribution in [1.82, 2.24) is 0 Å². The molecule has 1 aromatic rings. The fraction of sp³-hybridized carbons (Fsp3) is 0.462. The summed E-state index contributed by atoms with van der Waals surface area (Å²) in [6.45, 7) is 2.13. The van der Waals surface area contributed by atoms with Gasteiger partial charge in [0.1, 0.15) is 5.75 Å². The number of methoxy groups -OCH3 is 1. The molecule has 0 N–H and O–H groups in total. The van der Waals surface area contributed by atoms with Gasteiger partial charge in [0, 0.05) is 6.42 Å². The number of ketones is 1. The minimum Gasteiger partial charge on any atom is -0.496 e. The predicted molar refractivity (Wildman–Crippen MR) is 61.5 cm³/mol. The van der Waals surface area contributed by atoms with Gasteiger partial charge in [0.15, 0.2) is 5.78 Å². The van der Waals surface area contributed by atoms with Crippen LogP contribution in [0.1, 0.15) is 43.0 Å². The van der Waals surface area contributed by atoms with Crippen molar-refractivity contribution in [3.05, 3.63) is 29.8 Å². The van der Waals surface area contributed by atoms with Gasteiger partial charge in [0.2, 0.25) is 0 Å². The summed E-state index contributed by atoms with van der Waals surface area (Å²) in [5, 5.41) is 0. The number of carbonyl (C=O) groups is 1. The lowest BCUT2D eigenvalue weighted by molar-refractivity contribution is 0.0976. The van der Waals surface area contributed by atoms with Crippen molar-refractivity contribution in [2.75, 3.05) is 7.11 Å². The molecule has 2 heteroatoms. The van der Waals surface area contributed by atoms with E-state index in [4.69, 9.17) is 4.74 Å². The first-order chi connectivity index (χ1) is 7.29. The molecule has 15 heavy (non-hydrogen) atoms. The van der Waals surface area contributed by atoms with E-state index in [0.717, 1.165) is 19.3 Å². The Hall–Kier alpha value is -1.31. The van der Waals surface area contributed by atoms with Crippen molar-refractivity contribution in [3.63, 3.8) is 0 Å². The summed E-state index contributed by atoms with van der Waals surface area (Å²) >= 11 is 0. The van der Waals surface area contributed by atoms with Crippen LogP contribution in [-0.2, 0) is 0 Å². The highest BCUT2D eigenvalue weighted by Crippen LogP contribution is 2.19. The van der Waals surface area contributed by atoms with Gasteiger partial charge in [-0.1, -0.05) is 31.9 Å². The molecule has 1 aromatic carbocycles. The van der Waals surface area contributed by atoms with Gasteiger partial charge in [-0.2, -0.15) is 0 Å². The molecule has 0 unspecified atom stereocenters. The fourth-order valence-corrected chi connectivity index (χ4v) is 1.55. The summed E-state index contributed by atoms with van der Waals surface area (Å²) in [6, 6.07) is 7.40. The zero-order valence-electron chi connectivity index (χ0n) is 9.45. The summed E-state index contributed by atoms with van der Waals surface area (Å²) in [5.41, 5.74) is 0.705. The van der Waals surface area contributed by atoms with Crippen LogP contribution in [0.4, 0.5) is 0 Å². The Kier molecular flexibility index (Phi) is 4.88. The van der Waals surface area contributed by atoms with E-state index in [2.05, 4.69) is 6.92 Å². The lowest BCUT2D eigenvalue weighted by Gasteiger charge is -2.06. The topological polar surface area (TPSA) is 26.3 Å². The second-order valence-electron chi connectivity index (χ2n) is 3.58. The van der Waals surface area contributed by atoms with Crippen molar-refractivity contribution < 1.29 is 9.53 Å². The van der Waals surface area contributed by atoms with Crippen LogP contribution in [0.2, 0.25) is 0 Å². The third-order valence-electron chi connectivity index (χ3n) is 2.41. The standard InChI is InChI=1S/C13H18O2/c1-3-4-5-9-12(14)11-8-6-7-10-13(11)15-2/h6-8,10H,3-5,9H2,1-2H3. The van der Waals surface area contributed by atoms with Gasteiger partial charge < -0.3 is 4.74 Å². The number of para-hydroxylation sites is 1. The lowest BCUT2D eigenvalue weighted by Crippen LogP contribution is -2.01. The van der Waals surface area contributed by atoms with E-state index in [-0.39, 0.29) is 5.78 Å². The maximum Gasteiger partial charge on any atom is 0.166 e. The Morgan fingerprint density at radius 2 is 2.00 bits per heavy atom. The van der Waals surface area contributed by atoms with Crippen molar-refractivity contribution in [3.8, 4) is 5.75 Å². The summed E-state index contributed by atoms with van der Waals surface area (Å²) in [6.07, 6.45) is 3.84. The zero-order chi connectivity index (χ0) is 11.1. The number of hydrogen-bond donors (Lipinski definition) is 0. The monoisotopic (exact) mass is 206 g/mol. The number of carbonyl (C=O) groups excluding carboxylic acids is 1. The highest BCUT2D eigenvalue weighted by atomic mass is 16.5. The van der Waals surface area contributed by atoms with Crippen LogP contribution in [0.25, 0.3) is 0 Å². The first-order valence-electron chi connectivity index (χ1n) is 5.45. The number of Topliss-reactive ketones (excluding diaryl/α,β-unsaturated/α-hetero) is 1. The van der Waals surface area contributed by atoms with Crippen LogP contribution in [0.3, 0.4) is 0 Å². The van der Waals surface area contributed by atoms with Gasteiger partial charge in [-0.3, -0.25) is 4.79 Å². The van der Waals surface area contributed by atoms with E-state index in [0.29, 0.717) is 17.7 Å². The Bertz CT molecular complexity index is 318. The van der Waals surface area contributed by atoms with Crippen molar-refractivity contribution >= 4 is 5.78 Å². The molecule has 0 aliphatic heterocycles. The third kappa shape index (κ3) is 3.39. The second kappa shape index (κ2) is 6.23. The maximum absolute atomic E-state index is 11.8. The summed E-state index contributed by atoms with van der Waals surface area (Å²) in [4.78, 5) is 11.8. The molecule has 0 aliphatic carbocycles. The predicted octanol–water partition coefficient (Wildman–Crippen LogP) is 3.46. The average Bonchev–Trinajstić information content (AvgIpc) is 2.29. The highest BCUT2D eigenvalue weighted by Gasteiger charge is 2.10. The molecule has 0 bridgehead atoms. The number of unbranched alkanes of at least 4 members (excludes halogenated alkanes) is 2. The van der Waals surface area contributed by atoms with Gasteiger partial charge >= 0.3 is 0 Å². The molecule has 0 radical (unpaired) electrons. The molecule has 2 nitrogen and oxygen atoms in total. The molecular weight excluding hydrogens is 188 g/mol. The van der Waals surface area contributed by atoms with Crippen LogP contribution in [0, 0.1) is 0 Å². The number of rotatable bonds is 6. The van der Waals surface area contributed by atoms with Crippen molar-refractivity contribution in [2.45, 2.75) is 32.6 Å². The number of benzene rings is 1. The smallest absolute Gasteiger partial charge is 0.166 e.